The third-order valence-electron chi connectivity index (χ3n) is 3.37. The molecule has 1 amide bonds. The Morgan fingerprint density at radius 2 is 1.90 bits per heavy atom. The number of benzene rings is 1. The Bertz CT molecular complexity index is 457. The molecule has 108 valence electrons. The second kappa shape index (κ2) is 8.37. The van der Waals surface area contributed by atoms with Gasteiger partial charge in [-0.15, -0.1) is 0 Å². The van der Waals surface area contributed by atoms with Gasteiger partial charge in [-0.05, 0) is 38.0 Å². The predicted octanol–water partition coefficient (Wildman–Crippen LogP) is 3.88. The van der Waals surface area contributed by atoms with E-state index in [1.807, 2.05) is 30.9 Å². The fraction of sp³-hybridized carbons (Fsp3) is 0.529. The van der Waals surface area contributed by atoms with Crippen molar-refractivity contribution >= 4 is 5.91 Å². The number of carbonyl (C=O) groups excluding carboxylic acids is 1. The summed E-state index contributed by atoms with van der Waals surface area (Å²) in [7, 11) is 0. The first kappa shape index (κ1) is 16.2. The second-order valence-electron chi connectivity index (χ2n) is 5.38. The van der Waals surface area contributed by atoms with Crippen molar-refractivity contribution in [3.05, 3.63) is 35.4 Å². The van der Waals surface area contributed by atoms with Crippen molar-refractivity contribution in [2.45, 2.75) is 59.0 Å². The van der Waals surface area contributed by atoms with Crippen LogP contribution < -0.4 is 0 Å². The molecule has 0 fully saturated rings. The van der Waals surface area contributed by atoms with E-state index in [9.17, 15) is 4.79 Å². The van der Waals surface area contributed by atoms with E-state index in [2.05, 4.69) is 13.0 Å². The molecule has 20 heavy (non-hydrogen) atoms. The van der Waals surface area contributed by atoms with Gasteiger partial charge in [-0.3, -0.25) is 4.79 Å². The molecule has 0 aromatic heterocycles. The van der Waals surface area contributed by atoms with E-state index < -0.39 is 0 Å². The van der Waals surface area contributed by atoms with E-state index in [0.29, 0.717) is 18.5 Å². The first-order valence-corrected chi connectivity index (χ1v) is 7.37. The lowest BCUT2D eigenvalue weighted by molar-refractivity contribution is -0.133. The van der Waals surface area contributed by atoms with Crippen molar-refractivity contribution in [2.75, 3.05) is 0 Å². The zero-order valence-electron chi connectivity index (χ0n) is 12.7. The monoisotopic (exact) mass is 272 g/mol. The van der Waals surface area contributed by atoms with Gasteiger partial charge >= 0.3 is 0 Å². The molecule has 1 aromatic rings. The number of nitriles is 1. The fourth-order valence-corrected chi connectivity index (χ4v) is 2.11. The molecule has 0 aliphatic rings. The van der Waals surface area contributed by atoms with Crippen LogP contribution in [0.2, 0.25) is 0 Å². The molecule has 0 aliphatic heterocycles. The Kier molecular flexibility index (Phi) is 6.79. The van der Waals surface area contributed by atoms with Crippen LogP contribution in [0.4, 0.5) is 0 Å². The third kappa shape index (κ3) is 5.05. The van der Waals surface area contributed by atoms with Crippen molar-refractivity contribution in [3.8, 4) is 6.07 Å². The second-order valence-corrected chi connectivity index (χ2v) is 5.38. The summed E-state index contributed by atoms with van der Waals surface area (Å²) in [4.78, 5) is 14.2. The summed E-state index contributed by atoms with van der Waals surface area (Å²) in [6, 6.07) is 9.75. The van der Waals surface area contributed by atoms with E-state index in [1.165, 1.54) is 0 Å². The smallest absolute Gasteiger partial charge is 0.223 e. The minimum Gasteiger partial charge on any atom is -0.336 e. The number of carbonyl (C=O) groups is 1. The first-order chi connectivity index (χ1) is 9.58. The van der Waals surface area contributed by atoms with Crippen LogP contribution in [0.15, 0.2) is 24.3 Å². The topological polar surface area (TPSA) is 44.1 Å². The number of hydrogen-bond donors (Lipinski definition) is 0. The van der Waals surface area contributed by atoms with Gasteiger partial charge in [-0.2, -0.15) is 5.26 Å². The SMILES string of the molecule is CCCCCC(=O)N(Cc1ccc(C#N)cc1)C(C)C. The normalized spacial score (nSPS) is 10.3. The standard InChI is InChI=1S/C17H24N2O/c1-4-5-6-7-17(20)19(14(2)3)13-16-10-8-15(12-18)9-11-16/h8-11,14H,4-7,13H2,1-3H3. The summed E-state index contributed by atoms with van der Waals surface area (Å²) < 4.78 is 0. The van der Waals surface area contributed by atoms with Gasteiger partial charge in [0.25, 0.3) is 0 Å². The molecule has 0 saturated carbocycles. The van der Waals surface area contributed by atoms with Crippen molar-refractivity contribution in [2.24, 2.45) is 0 Å². The van der Waals surface area contributed by atoms with Crippen molar-refractivity contribution in [1.29, 1.82) is 5.26 Å². The molecular formula is C17H24N2O. The van der Waals surface area contributed by atoms with Gasteiger partial charge in [-0.25, -0.2) is 0 Å². The quantitative estimate of drug-likeness (QED) is 0.707. The third-order valence-corrected chi connectivity index (χ3v) is 3.37. The lowest BCUT2D eigenvalue weighted by Crippen LogP contribution is -2.36. The van der Waals surface area contributed by atoms with Crippen LogP contribution in [0, 0.1) is 11.3 Å². The maximum atomic E-state index is 12.3. The van der Waals surface area contributed by atoms with Gasteiger partial charge in [0.2, 0.25) is 5.91 Å². The Hall–Kier alpha value is -1.82. The highest BCUT2D eigenvalue weighted by Gasteiger charge is 2.16. The van der Waals surface area contributed by atoms with Crippen LogP contribution in [0.25, 0.3) is 0 Å². The summed E-state index contributed by atoms with van der Waals surface area (Å²) in [6.45, 7) is 6.85. The van der Waals surface area contributed by atoms with Crippen LogP contribution in [-0.2, 0) is 11.3 Å². The van der Waals surface area contributed by atoms with Gasteiger partial charge in [0.15, 0.2) is 0 Å². The molecule has 3 heteroatoms. The first-order valence-electron chi connectivity index (χ1n) is 7.37. The number of hydrogen-bond acceptors (Lipinski definition) is 2. The molecule has 0 unspecified atom stereocenters. The van der Waals surface area contributed by atoms with E-state index in [-0.39, 0.29) is 11.9 Å². The predicted molar refractivity (Wildman–Crippen MR) is 81.0 cm³/mol. The minimum absolute atomic E-state index is 0.194. The number of nitrogens with zero attached hydrogens (tertiary/aromatic N) is 2. The molecule has 0 atom stereocenters. The summed E-state index contributed by atoms with van der Waals surface area (Å²) in [5.74, 6) is 0.220. The number of rotatable bonds is 7. The van der Waals surface area contributed by atoms with Crippen molar-refractivity contribution in [1.82, 2.24) is 4.90 Å². The van der Waals surface area contributed by atoms with E-state index in [4.69, 9.17) is 5.26 Å². The van der Waals surface area contributed by atoms with Crippen LogP contribution in [0.3, 0.4) is 0 Å². The molecule has 0 heterocycles. The Labute approximate surface area is 122 Å². The molecule has 0 saturated heterocycles. The molecule has 0 aliphatic carbocycles. The molecule has 0 radical (unpaired) electrons. The van der Waals surface area contributed by atoms with Crippen molar-refractivity contribution in [3.63, 3.8) is 0 Å². The van der Waals surface area contributed by atoms with Gasteiger partial charge in [0, 0.05) is 19.0 Å². The average molecular weight is 272 g/mol. The molecule has 0 N–H and O–H groups in total. The van der Waals surface area contributed by atoms with Crippen molar-refractivity contribution < 1.29 is 4.79 Å². The Morgan fingerprint density at radius 3 is 2.40 bits per heavy atom. The molecule has 1 rings (SSSR count). The van der Waals surface area contributed by atoms with Crippen LogP contribution >= 0.6 is 0 Å². The van der Waals surface area contributed by atoms with E-state index in [0.717, 1.165) is 24.8 Å². The minimum atomic E-state index is 0.194. The maximum Gasteiger partial charge on any atom is 0.223 e. The zero-order valence-corrected chi connectivity index (χ0v) is 12.7. The largest absolute Gasteiger partial charge is 0.336 e. The molecule has 0 bridgehead atoms. The highest BCUT2D eigenvalue weighted by atomic mass is 16.2. The summed E-state index contributed by atoms with van der Waals surface area (Å²) in [5, 5.41) is 8.79. The zero-order chi connectivity index (χ0) is 15.0. The Morgan fingerprint density at radius 1 is 1.25 bits per heavy atom. The maximum absolute atomic E-state index is 12.3. The fourth-order valence-electron chi connectivity index (χ4n) is 2.11. The van der Waals surface area contributed by atoms with Gasteiger partial charge in [-0.1, -0.05) is 31.9 Å². The van der Waals surface area contributed by atoms with E-state index >= 15 is 0 Å². The van der Waals surface area contributed by atoms with Crippen LogP contribution in [0.5, 0.6) is 0 Å². The summed E-state index contributed by atoms with van der Waals surface area (Å²) in [6.07, 6.45) is 3.83. The summed E-state index contributed by atoms with van der Waals surface area (Å²) >= 11 is 0. The molecule has 3 nitrogen and oxygen atoms in total. The van der Waals surface area contributed by atoms with Gasteiger partial charge in [0.1, 0.15) is 0 Å². The van der Waals surface area contributed by atoms with Gasteiger partial charge in [0.05, 0.1) is 11.6 Å². The summed E-state index contributed by atoms with van der Waals surface area (Å²) in [5.41, 5.74) is 1.72. The molecular weight excluding hydrogens is 248 g/mol. The van der Waals surface area contributed by atoms with Crippen LogP contribution in [0.1, 0.15) is 57.6 Å². The molecule has 0 spiro atoms. The average Bonchev–Trinajstić information content (AvgIpc) is 2.45. The van der Waals surface area contributed by atoms with Crippen LogP contribution in [-0.4, -0.2) is 16.8 Å². The lowest BCUT2D eigenvalue weighted by atomic mass is 10.1. The highest BCUT2D eigenvalue weighted by molar-refractivity contribution is 5.76. The lowest BCUT2D eigenvalue weighted by Gasteiger charge is -2.27. The highest BCUT2D eigenvalue weighted by Crippen LogP contribution is 2.13. The molecule has 1 aromatic carbocycles. The van der Waals surface area contributed by atoms with E-state index in [1.54, 1.807) is 12.1 Å². The Balaban J connectivity index is 2.66. The number of unbranched alkanes of at least 4 members (excludes halogenated alkanes) is 2. The van der Waals surface area contributed by atoms with Gasteiger partial charge < -0.3 is 4.90 Å². The number of amides is 1.